The van der Waals surface area contributed by atoms with Gasteiger partial charge in [0.15, 0.2) is 6.61 Å². The summed E-state index contributed by atoms with van der Waals surface area (Å²) in [6.45, 7) is 0.724. The maximum Gasteiger partial charge on any atom is 0.262 e. The van der Waals surface area contributed by atoms with Crippen molar-refractivity contribution in [1.82, 2.24) is 9.47 Å². The first-order chi connectivity index (χ1) is 15.3. The fourth-order valence-corrected chi connectivity index (χ4v) is 4.73. The lowest BCUT2D eigenvalue weighted by Gasteiger charge is -2.32. The van der Waals surface area contributed by atoms with E-state index in [-0.39, 0.29) is 34.8 Å². The summed E-state index contributed by atoms with van der Waals surface area (Å²) in [6.07, 6.45) is 3.35. The number of ether oxygens (including phenoxy) is 1. The smallest absolute Gasteiger partial charge is 0.262 e. The number of carbonyl (C=O) groups is 2. The minimum atomic E-state index is -0.683. The lowest BCUT2D eigenvalue weighted by Crippen LogP contribution is -2.38. The average Bonchev–Trinajstić information content (AvgIpc) is 3.09. The Morgan fingerprint density at radius 1 is 1.16 bits per heavy atom. The van der Waals surface area contributed by atoms with Gasteiger partial charge >= 0.3 is 0 Å². The summed E-state index contributed by atoms with van der Waals surface area (Å²) >= 11 is 6.01. The molecule has 9 heteroatoms. The van der Waals surface area contributed by atoms with Gasteiger partial charge in [-0.15, -0.1) is 0 Å². The van der Waals surface area contributed by atoms with Crippen LogP contribution in [0.5, 0.6) is 5.75 Å². The number of halogens is 3. The third-order valence-electron chi connectivity index (χ3n) is 6.22. The molecule has 2 amide bonds. The molecule has 0 bridgehead atoms. The molecule has 0 saturated carbocycles. The van der Waals surface area contributed by atoms with Gasteiger partial charge in [0.05, 0.1) is 21.8 Å². The summed E-state index contributed by atoms with van der Waals surface area (Å²) in [7, 11) is 1.86. The fraction of sp³-hybridized carbons (Fsp3) is 0.304. The van der Waals surface area contributed by atoms with Gasteiger partial charge in [0, 0.05) is 37.8 Å². The highest BCUT2D eigenvalue weighted by atomic mass is 35.5. The van der Waals surface area contributed by atoms with Crippen molar-refractivity contribution < 1.29 is 23.1 Å². The zero-order chi connectivity index (χ0) is 22.6. The summed E-state index contributed by atoms with van der Waals surface area (Å²) < 4.78 is 35.5. The zero-order valence-corrected chi connectivity index (χ0v) is 18.0. The van der Waals surface area contributed by atoms with Gasteiger partial charge in [0.1, 0.15) is 17.4 Å². The predicted molar refractivity (Wildman–Crippen MR) is 116 cm³/mol. The number of hydrogen-bond donors (Lipinski definition) is 1. The van der Waals surface area contributed by atoms with Gasteiger partial charge in [-0.2, -0.15) is 0 Å². The van der Waals surface area contributed by atoms with E-state index in [1.54, 1.807) is 11.0 Å². The molecule has 0 unspecified atom stereocenters. The quantitative estimate of drug-likeness (QED) is 0.615. The topological polar surface area (TPSA) is 63.6 Å². The number of hydrogen-bond acceptors (Lipinski definition) is 3. The van der Waals surface area contributed by atoms with E-state index >= 15 is 0 Å². The van der Waals surface area contributed by atoms with Crippen LogP contribution in [0.3, 0.4) is 0 Å². The zero-order valence-electron chi connectivity index (χ0n) is 17.3. The van der Waals surface area contributed by atoms with Gasteiger partial charge in [0.2, 0.25) is 0 Å². The van der Waals surface area contributed by atoms with Crippen LogP contribution in [-0.2, 0) is 11.8 Å². The lowest BCUT2D eigenvalue weighted by atomic mass is 9.89. The summed E-state index contributed by atoms with van der Waals surface area (Å²) in [6, 6.07) is 5.55. The number of nitrogens with one attached hydrogen (secondary N) is 1. The van der Waals surface area contributed by atoms with Crippen molar-refractivity contribution in [1.29, 1.82) is 0 Å². The summed E-state index contributed by atoms with van der Waals surface area (Å²) in [5, 5.41) is 3.58. The number of aryl methyl sites for hydroxylation is 1. The van der Waals surface area contributed by atoms with Gasteiger partial charge < -0.3 is 19.5 Å². The highest BCUT2D eigenvalue weighted by Gasteiger charge is 2.29. The first-order valence-electron chi connectivity index (χ1n) is 10.3. The molecule has 3 aromatic rings. The fourth-order valence-electron chi connectivity index (χ4n) is 4.56. The van der Waals surface area contributed by atoms with Crippen LogP contribution in [0.15, 0.2) is 30.5 Å². The number of piperidine rings is 1. The van der Waals surface area contributed by atoms with Crippen molar-refractivity contribution in [3.63, 3.8) is 0 Å². The van der Waals surface area contributed by atoms with Crippen LogP contribution in [0.4, 0.5) is 14.5 Å². The summed E-state index contributed by atoms with van der Waals surface area (Å²) in [4.78, 5) is 26.2. The molecule has 5 rings (SSSR count). The van der Waals surface area contributed by atoms with Gasteiger partial charge in [-0.25, -0.2) is 8.78 Å². The first-order valence-corrected chi connectivity index (χ1v) is 10.7. The molecular formula is C23H20ClF2N3O3. The molecule has 2 aliphatic heterocycles. The maximum atomic E-state index is 14.6. The van der Waals surface area contributed by atoms with Gasteiger partial charge in [0.25, 0.3) is 11.8 Å². The Bertz CT molecular complexity index is 1270. The van der Waals surface area contributed by atoms with E-state index in [0.717, 1.165) is 22.5 Å². The van der Waals surface area contributed by atoms with Crippen LogP contribution in [0, 0.1) is 11.6 Å². The number of aromatic nitrogens is 1. The molecule has 1 N–H and O–H groups in total. The number of nitrogens with zero attached hydrogens (tertiary/aromatic N) is 2. The molecule has 0 radical (unpaired) electrons. The highest BCUT2D eigenvalue weighted by Crippen LogP contribution is 2.37. The molecule has 166 valence electrons. The van der Waals surface area contributed by atoms with Gasteiger partial charge in [-0.05, 0) is 42.5 Å². The number of rotatable bonds is 2. The van der Waals surface area contributed by atoms with E-state index < -0.39 is 17.5 Å². The Balaban J connectivity index is 1.35. The second-order valence-electron chi connectivity index (χ2n) is 8.21. The molecule has 2 aromatic carbocycles. The largest absolute Gasteiger partial charge is 0.481 e. The van der Waals surface area contributed by atoms with Crippen LogP contribution in [0.2, 0.25) is 5.02 Å². The van der Waals surface area contributed by atoms with E-state index in [4.69, 9.17) is 16.3 Å². The predicted octanol–water partition coefficient (Wildman–Crippen LogP) is 4.46. The average molecular weight is 460 g/mol. The molecule has 1 fully saturated rings. The molecule has 32 heavy (non-hydrogen) atoms. The van der Waals surface area contributed by atoms with E-state index in [0.29, 0.717) is 31.6 Å². The van der Waals surface area contributed by atoms with Crippen LogP contribution in [-0.4, -0.2) is 41.0 Å². The van der Waals surface area contributed by atoms with E-state index in [2.05, 4.69) is 5.32 Å². The Labute approximate surface area is 187 Å². The number of likely N-dealkylation sites (tertiary alicyclic amines) is 1. The Hall–Kier alpha value is -3.13. The van der Waals surface area contributed by atoms with Crippen molar-refractivity contribution in [3.8, 4) is 5.75 Å². The Morgan fingerprint density at radius 3 is 2.66 bits per heavy atom. The lowest BCUT2D eigenvalue weighted by molar-refractivity contribution is -0.118. The minimum absolute atomic E-state index is 0.0801. The van der Waals surface area contributed by atoms with E-state index in [1.165, 1.54) is 12.1 Å². The molecule has 3 heterocycles. The maximum absolute atomic E-state index is 14.6. The van der Waals surface area contributed by atoms with Gasteiger partial charge in [-0.1, -0.05) is 11.6 Å². The van der Waals surface area contributed by atoms with Gasteiger partial charge in [-0.3, -0.25) is 9.59 Å². The Morgan fingerprint density at radius 2 is 1.91 bits per heavy atom. The third kappa shape index (κ3) is 3.48. The van der Waals surface area contributed by atoms with Crippen molar-refractivity contribution in [2.24, 2.45) is 7.05 Å². The van der Waals surface area contributed by atoms with Crippen LogP contribution >= 0.6 is 11.6 Å². The minimum Gasteiger partial charge on any atom is -0.481 e. The van der Waals surface area contributed by atoms with Crippen molar-refractivity contribution in [2.75, 3.05) is 25.0 Å². The van der Waals surface area contributed by atoms with Crippen LogP contribution < -0.4 is 10.1 Å². The molecule has 6 nitrogen and oxygen atoms in total. The van der Waals surface area contributed by atoms with Crippen molar-refractivity contribution in [2.45, 2.75) is 18.8 Å². The molecule has 0 spiro atoms. The molecule has 1 saturated heterocycles. The molecule has 0 aliphatic carbocycles. The van der Waals surface area contributed by atoms with E-state index in [9.17, 15) is 18.4 Å². The standard InChI is InChI=1S/C23H20ClF2N3O3/c1-28-10-15(13-6-16(24)18(26)8-20(13)28)12-2-4-29(5-3-12)23(31)14-7-19-21(9-17(14)25)32-11-22(30)27-19/h6-10,12H,2-5,11H2,1H3,(H,27,30). The van der Waals surface area contributed by atoms with Crippen LogP contribution in [0.1, 0.15) is 34.7 Å². The SMILES string of the molecule is Cn1cc(C2CCN(C(=O)c3cc4c(cc3F)OCC(=O)N4)CC2)c2cc(Cl)c(F)cc21. The molecule has 1 aromatic heterocycles. The number of fused-ring (bicyclic) bond motifs is 2. The molecular weight excluding hydrogens is 440 g/mol. The van der Waals surface area contributed by atoms with Crippen molar-refractivity contribution >= 4 is 40.0 Å². The number of carbonyl (C=O) groups excluding carboxylic acids is 2. The van der Waals surface area contributed by atoms with Crippen molar-refractivity contribution in [3.05, 3.63) is 58.2 Å². The second kappa shape index (κ2) is 7.78. The molecule has 2 aliphatic rings. The normalized spacial score (nSPS) is 16.6. The van der Waals surface area contributed by atoms with Crippen LogP contribution in [0.25, 0.3) is 10.9 Å². The summed E-state index contributed by atoms with van der Waals surface area (Å²) in [5.74, 6) is -1.53. The number of amides is 2. The third-order valence-corrected chi connectivity index (χ3v) is 6.51. The summed E-state index contributed by atoms with van der Waals surface area (Å²) in [5.41, 5.74) is 2.03. The van der Waals surface area contributed by atoms with E-state index in [1.807, 2.05) is 17.8 Å². The number of benzene rings is 2. The monoisotopic (exact) mass is 459 g/mol. The number of anilines is 1. The first kappa shape index (κ1) is 20.8. The Kier molecular flexibility index (Phi) is 5.04. The molecule has 0 atom stereocenters. The highest BCUT2D eigenvalue weighted by molar-refractivity contribution is 6.31. The second-order valence-corrected chi connectivity index (χ2v) is 8.62.